The smallest absolute Gasteiger partial charge is 0.338 e. The molecule has 0 unspecified atom stereocenters. The fraction of sp³-hybridized carbons (Fsp3) is 0.200. The van der Waals surface area contributed by atoms with E-state index < -0.39 is 0 Å². The summed E-state index contributed by atoms with van der Waals surface area (Å²) in [4.78, 5) is 16.9. The van der Waals surface area contributed by atoms with E-state index in [9.17, 15) is 4.79 Å². The highest BCUT2D eigenvalue weighted by atomic mass is 16.5. The lowest BCUT2D eigenvalue weighted by Crippen LogP contribution is -2.07. The van der Waals surface area contributed by atoms with Crippen molar-refractivity contribution >= 4 is 16.9 Å². The van der Waals surface area contributed by atoms with Crippen LogP contribution in [0.3, 0.4) is 0 Å². The highest BCUT2D eigenvalue weighted by molar-refractivity contribution is 6.03. The van der Waals surface area contributed by atoms with E-state index in [0.29, 0.717) is 12.2 Å². The molecule has 0 bridgehead atoms. The molecule has 1 aromatic heterocycles. The molecule has 3 aromatic rings. The standard InChI is InChI=1S/C20H19NO2/c1-2-23-20(22)18-14-16(13-12-15-8-4-3-5-9-15)21-19-11-7-6-10-17(18)19/h3-11,14H,2,12-13H2,1H3. The zero-order valence-corrected chi connectivity index (χ0v) is 13.2. The number of carbonyl (C=O) groups excluding carboxylic acids is 1. The number of aryl methyl sites for hydroxylation is 2. The Labute approximate surface area is 135 Å². The van der Waals surface area contributed by atoms with Crippen molar-refractivity contribution in [3.63, 3.8) is 0 Å². The van der Waals surface area contributed by atoms with Gasteiger partial charge in [-0.2, -0.15) is 0 Å². The van der Waals surface area contributed by atoms with Crippen LogP contribution in [-0.2, 0) is 17.6 Å². The number of rotatable bonds is 5. The van der Waals surface area contributed by atoms with E-state index in [1.165, 1.54) is 5.56 Å². The fourth-order valence-corrected chi connectivity index (χ4v) is 2.65. The SMILES string of the molecule is CCOC(=O)c1cc(CCc2ccccc2)nc2ccccc12. The van der Waals surface area contributed by atoms with Crippen LogP contribution in [-0.4, -0.2) is 17.6 Å². The van der Waals surface area contributed by atoms with E-state index in [2.05, 4.69) is 17.1 Å². The van der Waals surface area contributed by atoms with Gasteiger partial charge in [-0.15, -0.1) is 0 Å². The maximum Gasteiger partial charge on any atom is 0.338 e. The third-order valence-corrected chi connectivity index (χ3v) is 3.78. The topological polar surface area (TPSA) is 39.2 Å². The van der Waals surface area contributed by atoms with E-state index in [-0.39, 0.29) is 5.97 Å². The van der Waals surface area contributed by atoms with Crippen LogP contribution in [0.5, 0.6) is 0 Å². The highest BCUT2D eigenvalue weighted by Gasteiger charge is 2.13. The van der Waals surface area contributed by atoms with Gasteiger partial charge in [0.2, 0.25) is 0 Å². The Morgan fingerprint density at radius 3 is 2.52 bits per heavy atom. The Morgan fingerprint density at radius 1 is 1.00 bits per heavy atom. The summed E-state index contributed by atoms with van der Waals surface area (Å²) in [7, 11) is 0. The van der Waals surface area contributed by atoms with Gasteiger partial charge < -0.3 is 4.74 Å². The van der Waals surface area contributed by atoms with Crippen LogP contribution in [0, 0.1) is 0 Å². The van der Waals surface area contributed by atoms with Gasteiger partial charge in [-0.3, -0.25) is 4.98 Å². The number of ether oxygens (including phenoxy) is 1. The molecule has 0 atom stereocenters. The second-order valence-electron chi connectivity index (χ2n) is 5.38. The van der Waals surface area contributed by atoms with Gasteiger partial charge in [0, 0.05) is 11.1 Å². The van der Waals surface area contributed by atoms with Gasteiger partial charge in [0.05, 0.1) is 17.7 Å². The third-order valence-electron chi connectivity index (χ3n) is 3.78. The Morgan fingerprint density at radius 2 is 1.74 bits per heavy atom. The van der Waals surface area contributed by atoms with Gasteiger partial charge >= 0.3 is 5.97 Å². The molecule has 0 radical (unpaired) electrons. The average molecular weight is 305 g/mol. The highest BCUT2D eigenvalue weighted by Crippen LogP contribution is 2.20. The summed E-state index contributed by atoms with van der Waals surface area (Å²) in [5.74, 6) is -0.285. The third kappa shape index (κ3) is 3.57. The molecule has 0 spiro atoms. The van der Waals surface area contributed by atoms with E-state index in [1.54, 1.807) is 0 Å². The largest absolute Gasteiger partial charge is 0.462 e. The van der Waals surface area contributed by atoms with Gasteiger partial charge in [0.1, 0.15) is 0 Å². The number of pyridine rings is 1. The molecule has 0 fully saturated rings. The zero-order chi connectivity index (χ0) is 16.1. The van der Waals surface area contributed by atoms with Crippen LogP contribution in [0.15, 0.2) is 60.7 Å². The Balaban J connectivity index is 1.93. The van der Waals surface area contributed by atoms with Gasteiger partial charge in [-0.05, 0) is 37.5 Å². The molecule has 3 nitrogen and oxygen atoms in total. The minimum absolute atomic E-state index is 0.285. The number of carbonyl (C=O) groups is 1. The van der Waals surface area contributed by atoms with E-state index >= 15 is 0 Å². The van der Waals surface area contributed by atoms with Crippen LogP contribution in [0.25, 0.3) is 10.9 Å². The predicted molar refractivity (Wildman–Crippen MR) is 91.5 cm³/mol. The molecular weight excluding hydrogens is 286 g/mol. The number of para-hydroxylation sites is 1. The van der Waals surface area contributed by atoms with Gasteiger partial charge in [0.25, 0.3) is 0 Å². The number of hydrogen-bond acceptors (Lipinski definition) is 3. The molecule has 0 N–H and O–H groups in total. The minimum Gasteiger partial charge on any atom is -0.462 e. The maximum absolute atomic E-state index is 12.2. The molecule has 0 aliphatic heterocycles. The number of hydrogen-bond donors (Lipinski definition) is 0. The van der Waals surface area contributed by atoms with Crippen molar-refractivity contribution in [2.24, 2.45) is 0 Å². The lowest BCUT2D eigenvalue weighted by molar-refractivity contribution is 0.0528. The second kappa shape index (κ2) is 7.05. The van der Waals surface area contributed by atoms with Crippen molar-refractivity contribution in [3.8, 4) is 0 Å². The fourth-order valence-electron chi connectivity index (χ4n) is 2.65. The summed E-state index contributed by atoms with van der Waals surface area (Å²) in [6.45, 7) is 2.19. The predicted octanol–water partition coefficient (Wildman–Crippen LogP) is 4.20. The summed E-state index contributed by atoms with van der Waals surface area (Å²) >= 11 is 0. The molecule has 23 heavy (non-hydrogen) atoms. The summed E-state index contributed by atoms with van der Waals surface area (Å²) < 4.78 is 5.19. The van der Waals surface area contributed by atoms with E-state index in [1.807, 2.05) is 55.5 Å². The summed E-state index contributed by atoms with van der Waals surface area (Å²) in [6, 6.07) is 19.8. The number of esters is 1. The number of fused-ring (bicyclic) bond motifs is 1. The first-order valence-corrected chi connectivity index (χ1v) is 7.87. The Kier molecular flexibility index (Phi) is 4.67. The zero-order valence-electron chi connectivity index (χ0n) is 13.2. The van der Waals surface area contributed by atoms with Crippen LogP contribution < -0.4 is 0 Å². The lowest BCUT2D eigenvalue weighted by Gasteiger charge is -2.09. The maximum atomic E-state index is 12.2. The first-order valence-electron chi connectivity index (χ1n) is 7.87. The summed E-state index contributed by atoms with van der Waals surface area (Å²) in [5.41, 5.74) is 3.61. The van der Waals surface area contributed by atoms with Crippen molar-refractivity contribution in [3.05, 3.63) is 77.5 Å². The number of aromatic nitrogens is 1. The van der Waals surface area contributed by atoms with Crippen molar-refractivity contribution in [2.45, 2.75) is 19.8 Å². The van der Waals surface area contributed by atoms with Gasteiger partial charge in [-0.25, -0.2) is 4.79 Å². The quantitative estimate of drug-likeness (QED) is 0.663. The monoisotopic (exact) mass is 305 g/mol. The van der Waals surface area contributed by atoms with Gasteiger partial charge in [-0.1, -0.05) is 48.5 Å². The van der Waals surface area contributed by atoms with Crippen molar-refractivity contribution < 1.29 is 9.53 Å². The lowest BCUT2D eigenvalue weighted by atomic mass is 10.0. The number of benzene rings is 2. The minimum atomic E-state index is -0.285. The van der Waals surface area contributed by atoms with E-state index in [0.717, 1.165) is 29.4 Å². The van der Waals surface area contributed by atoms with Crippen LogP contribution >= 0.6 is 0 Å². The second-order valence-corrected chi connectivity index (χ2v) is 5.38. The average Bonchev–Trinajstić information content (AvgIpc) is 2.60. The summed E-state index contributed by atoms with van der Waals surface area (Å²) in [5, 5.41) is 0.842. The first-order chi connectivity index (χ1) is 11.3. The van der Waals surface area contributed by atoms with Gasteiger partial charge in [0.15, 0.2) is 0 Å². The molecule has 116 valence electrons. The molecule has 0 saturated carbocycles. The normalized spacial score (nSPS) is 10.7. The Bertz CT molecular complexity index is 812. The van der Waals surface area contributed by atoms with Crippen LogP contribution in [0.4, 0.5) is 0 Å². The molecule has 0 aliphatic rings. The molecular formula is C20H19NO2. The first kappa shape index (κ1) is 15.2. The molecule has 0 saturated heterocycles. The molecule has 2 aromatic carbocycles. The van der Waals surface area contributed by atoms with Crippen LogP contribution in [0.1, 0.15) is 28.5 Å². The molecule has 1 heterocycles. The summed E-state index contributed by atoms with van der Waals surface area (Å²) in [6.07, 6.45) is 1.69. The molecule has 0 amide bonds. The molecule has 0 aliphatic carbocycles. The molecule has 3 rings (SSSR count). The Hall–Kier alpha value is -2.68. The molecule has 3 heteroatoms. The van der Waals surface area contributed by atoms with Crippen molar-refractivity contribution in [1.29, 1.82) is 0 Å². The van der Waals surface area contributed by atoms with Crippen molar-refractivity contribution in [2.75, 3.05) is 6.61 Å². The van der Waals surface area contributed by atoms with Crippen molar-refractivity contribution in [1.82, 2.24) is 4.98 Å². The van der Waals surface area contributed by atoms with E-state index in [4.69, 9.17) is 4.74 Å². The number of nitrogens with zero attached hydrogens (tertiary/aromatic N) is 1. The van der Waals surface area contributed by atoms with Crippen LogP contribution in [0.2, 0.25) is 0 Å².